The van der Waals surface area contributed by atoms with E-state index in [1.54, 1.807) is 0 Å². The van der Waals surface area contributed by atoms with Crippen molar-refractivity contribution in [2.24, 2.45) is 0 Å². The molecule has 0 radical (unpaired) electrons. The third-order valence-corrected chi connectivity index (χ3v) is 3.86. The van der Waals surface area contributed by atoms with Gasteiger partial charge in [-0.05, 0) is 18.1 Å². The van der Waals surface area contributed by atoms with Crippen LogP contribution in [0.25, 0.3) is 0 Å². The molecule has 1 aromatic carbocycles. The molecule has 0 amide bonds. The zero-order valence-corrected chi connectivity index (χ0v) is 12.0. The monoisotopic (exact) mass is 281 g/mol. The Labute approximate surface area is 119 Å². The third kappa shape index (κ3) is 3.71. The van der Waals surface area contributed by atoms with E-state index in [2.05, 4.69) is 29.2 Å². The molecule has 0 bridgehead atoms. The number of fused-ring (bicyclic) bond motifs is 1. The number of carbonyl (C=O) groups is 1. The van der Waals surface area contributed by atoms with Gasteiger partial charge in [-0.15, -0.1) is 11.6 Å². The minimum atomic E-state index is -0.121. The van der Waals surface area contributed by atoms with E-state index in [0.717, 1.165) is 19.6 Å². The number of carbonyl (C=O) groups excluding carboxylic acids is 1. The number of ether oxygens (including phenoxy) is 1. The van der Waals surface area contributed by atoms with Gasteiger partial charge < -0.3 is 4.74 Å². The first-order chi connectivity index (χ1) is 9.24. The van der Waals surface area contributed by atoms with Crippen LogP contribution in [0.15, 0.2) is 24.3 Å². The maximum Gasteiger partial charge on any atom is 0.307 e. The van der Waals surface area contributed by atoms with Gasteiger partial charge in [0.2, 0.25) is 0 Å². The number of hydrogen-bond donors (Lipinski definition) is 0. The summed E-state index contributed by atoms with van der Waals surface area (Å²) >= 11 is 6.07. The Morgan fingerprint density at radius 3 is 3.00 bits per heavy atom. The summed E-state index contributed by atoms with van der Waals surface area (Å²) in [4.78, 5) is 13.7. The molecule has 1 aliphatic heterocycles. The number of nitrogens with zero attached hydrogens (tertiary/aromatic N) is 1. The molecule has 2 rings (SSSR count). The average molecular weight is 282 g/mol. The predicted octanol–water partition coefficient (Wildman–Crippen LogP) is 2.78. The van der Waals surface area contributed by atoms with E-state index in [-0.39, 0.29) is 5.97 Å². The van der Waals surface area contributed by atoms with Crippen LogP contribution < -0.4 is 0 Å². The second kappa shape index (κ2) is 6.92. The lowest BCUT2D eigenvalue weighted by Crippen LogP contribution is -2.35. The van der Waals surface area contributed by atoms with E-state index in [1.807, 2.05) is 6.92 Å². The lowest BCUT2D eigenvalue weighted by Gasteiger charge is -2.33. The summed E-state index contributed by atoms with van der Waals surface area (Å²) in [7, 11) is 0. The molecule has 1 aliphatic rings. The fraction of sp³-hybridized carbons (Fsp3) is 0.533. The Hall–Kier alpha value is -1.06. The Kier molecular flexibility index (Phi) is 5.23. The number of esters is 1. The van der Waals surface area contributed by atoms with Crippen molar-refractivity contribution in [1.29, 1.82) is 0 Å². The highest BCUT2D eigenvalue weighted by atomic mass is 35.5. The summed E-state index contributed by atoms with van der Waals surface area (Å²) in [6, 6.07) is 8.42. The maximum atomic E-state index is 11.4. The van der Waals surface area contributed by atoms with E-state index < -0.39 is 0 Å². The summed E-state index contributed by atoms with van der Waals surface area (Å²) in [5.74, 6) is 0.852. The van der Waals surface area contributed by atoms with E-state index >= 15 is 0 Å². The second-order valence-electron chi connectivity index (χ2n) is 4.84. The van der Waals surface area contributed by atoms with Crippen LogP contribution in [-0.2, 0) is 16.1 Å². The first-order valence-electron chi connectivity index (χ1n) is 6.76. The van der Waals surface area contributed by atoms with Crippen LogP contribution >= 0.6 is 11.6 Å². The fourth-order valence-electron chi connectivity index (χ4n) is 2.58. The van der Waals surface area contributed by atoms with E-state index in [4.69, 9.17) is 16.3 Å². The Morgan fingerprint density at radius 1 is 1.47 bits per heavy atom. The molecule has 19 heavy (non-hydrogen) atoms. The zero-order chi connectivity index (χ0) is 13.7. The van der Waals surface area contributed by atoms with Crippen LogP contribution in [0.1, 0.15) is 30.4 Å². The molecule has 0 fully saturated rings. The second-order valence-corrected chi connectivity index (χ2v) is 5.15. The molecule has 0 aromatic heterocycles. The van der Waals surface area contributed by atoms with Crippen molar-refractivity contribution in [2.45, 2.75) is 25.8 Å². The molecule has 1 heterocycles. The Bertz CT molecular complexity index is 436. The molecule has 1 aromatic rings. The van der Waals surface area contributed by atoms with Crippen LogP contribution in [-0.4, -0.2) is 36.4 Å². The number of hydrogen-bond acceptors (Lipinski definition) is 3. The standard InChI is InChI=1S/C15H20ClNO2/c1-2-19-15(18)7-8-17-10-12-5-3-4-6-14(12)13(9-16)11-17/h3-6,13H,2,7-11H2,1H3. The molecule has 1 atom stereocenters. The van der Waals surface area contributed by atoms with Gasteiger partial charge >= 0.3 is 5.97 Å². The van der Waals surface area contributed by atoms with Gasteiger partial charge in [0, 0.05) is 31.4 Å². The molecule has 0 aliphatic carbocycles. The molecular formula is C15H20ClNO2. The van der Waals surface area contributed by atoms with Crippen LogP contribution in [0.4, 0.5) is 0 Å². The molecule has 0 saturated heterocycles. The van der Waals surface area contributed by atoms with Crippen LogP contribution in [0.2, 0.25) is 0 Å². The summed E-state index contributed by atoms with van der Waals surface area (Å²) in [6.45, 7) is 4.83. The number of rotatable bonds is 5. The van der Waals surface area contributed by atoms with Crippen molar-refractivity contribution in [1.82, 2.24) is 4.90 Å². The third-order valence-electron chi connectivity index (χ3n) is 3.49. The Morgan fingerprint density at radius 2 is 2.26 bits per heavy atom. The van der Waals surface area contributed by atoms with E-state index in [0.29, 0.717) is 24.8 Å². The van der Waals surface area contributed by atoms with Gasteiger partial charge in [0.1, 0.15) is 0 Å². The lowest BCUT2D eigenvalue weighted by atomic mass is 9.91. The topological polar surface area (TPSA) is 29.5 Å². The summed E-state index contributed by atoms with van der Waals surface area (Å²) < 4.78 is 4.96. The largest absolute Gasteiger partial charge is 0.466 e. The SMILES string of the molecule is CCOC(=O)CCN1Cc2ccccc2C(CCl)C1. The summed E-state index contributed by atoms with van der Waals surface area (Å²) in [5, 5.41) is 0. The highest BCUT2D eigenvalue weighted by molar-refractivity contribution is 6.18. The molecule has 4 heteroatoms. The summed E-state index contributed by atoms with van der Waals surface area (Å²) in [5.41, 5.74) is 2.67. The number of benzene rings is 1. The van der Waals surface area contributed by atoms with Crippen LogP contribution in [0.5, 0.6) is 0 Å². The van der Waals surface area contributed by atoms with Gasteiger partial charge in [-0.1, -0.05) is 24.3 Å². The number of halogens is 1. The van der Waals surface area contributed by atoms with Crippen molar-refractivity contribution in [3.8, 4) is 0 Å². The Balaban J connectivity index is 1.97. The smallest absolute Gasteiger partial charge is 0.307 e. The minimum absolute atomic E-state index is 0.121. The average Bonchev–Trinajstić information content (AvgIpc) is 2.44. The van der Waals surface area contributed by atoms with Gasteiger partial charge in [-0.25, -0.2) is 0 Å². The van der Waals surface area contributed by atoms with Crippen molar-refractivity contribution in [2.75, 3.05) is 25.6 Å². The van der Waals surface area contributed by atoms with Crippen molar-refractivity contribution in [3.63, 3.8) is 0 Å². The summed E-state index contributed by atoms with van der Waals surface area (Å²) in [6.07, 6.45) is 0.449. The fourth-order valence-corrected chi connectivity index (χ4v) is 2.84. The van der Waals surface area contributed by atoms with Gasteiger partial charge in [-0.2, -0.15) is 0 Å². The highest BCUT2D eigenvalue weighted by Gasteiger charge is 2.24. The van der Waals surface area contributed by atoms with Crippen LogP contribution in [0, 0.1) is 0 Å². The molecular weight excluding hydrogens is 262 g/mol. The molecule has 0 spiro atoms. The van der Waals surface area contributed by atoms with Crippen molar-refractivity contribution in [3.05, 3.63) is 35.4 Å². The lowest BCUT2D eigenvalue weighted by molar-refractivity contribution is -0.143. The normalized spacial score (nSPS) is 18.9. The molecule has 104 valence electrons. The molecule has 0 N–H and O–H groups in total. The van der Waals surface area contributed by atoms with Gasteiger partial charge in [0.25, 0.3) is 0 Å². The first kappa shape index (κ1) is 14.4. The quantitative estimate of drug-likeness (QED) is 0.614. The zero-order valence-electron chi connectivity index (χ0n) is 11.3. The van der Waals surface area contributed by atoms with Gasteiger partial charge in [0.15, 0.2) is 0 Å². The maximum absolute atomic E-state index is 11.4. The molecule has 3 nitrogen and oxygen atoms in total. The van der Waals surface area contributed by atoms with E-state index in [1.165, 1.54) is 11.1 Å². The highest BCUT2D eigenvalue weighted by Crippen LogP contribution is 2.29. The first-order valence-corrected chi connectivity index (χ1v) is 7.29. The van der Waals surface area contributed by atoms with Gasteiger partial charge in [-0.3, -0.25) is 9.69 Å². The van der Waals surface area contributed by atoms with Crippen molar-refractivity contribution < 1.29 is 9.53 Å². The van der Waals surface area contributed by atoms with Gasteiger partial charge in [0.05, 0.1) is 13.0 Å². The molecule has 0 saturated carbocycles. The van der Waals surface area contributed by atoms with E-state index in [9.17, 15) is 4.79 Å². The predicted molar refractivity (Wildman–Crippen MR) is 76.4 cm³/mol. The minimum Gasteiger partial charge on any atom is -0.466 e. The van der Waals surface area contributed by atoms with Crippen LogP contribution in [0.3, 0.4) is 0 Å². The molecule has 1 unspecified atom stereocenters. The number of alkyl halides is 1. The van der Waals surface area contributed by atoms with Crippen molar-refractivity contribution >= 4 is 17.6 Å².